The van der Waals surface area contributed by atoms with Crippen molar-refractivity contribution in [2.24, 2.45) is 0 Å². The van der Waals surface area contributed by atoms with Crippen LogP contribution in [-0.2, 0) is 9.47 Å². The number of fused-ring (bicyclic) bond motifs is 1. The van der Waals surface area contributed by atoms with Crippen LogP contribution in [0.1, 0.15) is 63.3 Å². The molecular formula is C22H30FN3O3. The van der Waals surface area contributed by atoms with E-state index in [2.05, 4.69) is 11.2 Å². The first-order valence-corrected chi connectivity index (χ1v) is 10.4. The van der Waals surface area contributed by atoms with Crippen LogP contribution in [0, 0.1) is 6.92 Å². The fraction of sp³-hybridized carbons (Fsp3) is 0.636. The van der Waals surface area contributed by atoms with Crippen LogP contribution in [0.4, 0.5) is 9.18 Å². The van der Waals surface area contributed by atoms with Crippen molar-refractivity contribution in [2.75, 3.05) is 19.7 Å². The highest BCUT2D eigenvalue weighted by atomic mass is 19.1. The van der Waals surface area contributed by atoms with Gasteiger partial charge in [-0.25, -0.2) is 13.9 Å². The van der Waals surface area contributed by atoms with Crippen molar-refractivity contribution in [3.05, 3.63) is 29.5 Å². The highest BCUT2D eigenvalue weighted by molar-refractivity contribution is 5.81. The van der Waals surface area contributed by atoms with Crippen LogP contribution in [-0.4, -0.2) is 52.2 Å². The summed E-state index contributed by atoms with van der Waals surface area (Å²) in [5, 5.41) is 5.57. The third-order valence-electron chi connectivity index (χ3n) is 5.71. The second kappa shape index (κ2) is 7.59. The summed E-state index contributed by atoms with van der Waals surface area (Å²) >= 11 is 0. The zero-order valence-electron chi connectivity index (χ0n) is 17.7. The predicted molar refractivity (Wildman–Crippen MR) is 109 cm³/mol. The maximum Gasteiger partial charge on any atom is 0.410 e. The van der Waals surface area contributed by atoms with Gasteiger partial charge in [-0.05, 0) is 70.2 Å². The molecule has 0 saturated carbocycles. The van der Waals surface area contributed by atoms with Crippen LogP contribution >= 0.6 is 0 Å². The van der Waals surface area contributed by atoms with Crippen molar-refractivity contribution in [1.82, 2.24) is 14.7 Å². The molecule has 7 heteroatoms. The van der Waals surface area contributed by atoms with Crippen molar-refractivity contribution in [2.45, 2.75) is 70.9 Å². The fourth-order valence-corrected chi connectivity index (χ4v) is 4.30. The Hall–Kier alpha value is -2.15. The summed E-state index contributed by atoms with van der Waals surface area (Å²) in [6, 6.07) is 4.09. The minimum atomic E-state index is -1.12. The lowest BCUT2D eigenvalue weighted by atomic mass is 9.92. The average Bonchev–Trinajstić information content (AvgIpc) is 3.23. The lowest BCUT2D eigenvalue weighted by Crippen LogP contribution is -2.35. The number of alkyl halides is 1. The number of nitrogens with zero attached hydrogens (tertiary/aromatic N) is 3. The molecule has 158 valence electrons. The van der Waals surface area contributed by atoms with Gasteiger partial charge in [0.2, 0.25) is 0 Å². The molecular weight excluding hydrogens is 373 g/mol. The number of hydrogen-bond donors (Lipinski definition) is 0. The number of hydrogen-bond acceptors (Lipinski definition) is 4. The molecule has 4 rings (SSSR count). The second-order valence-corrected chi connectivity index (χ2v) is 9.19. The van der Waals surface area contributed by atoms with Gasteiger partial charge in [0.15, 0.2) is 6.23 Å². The molecule has 3 unspecified atom stereocenters. The van der Waals surface area contributed by atoms with Gasteiger partial charge in [-0.3, -0.25) is 0 Å². The monoisotopic (exact) mass is 403 g/mol. The Balaban J connectivity index is 1.61. The Bertz CT molecular complexity index is 899. The topological polar surface area (TPSA) is 56.6 Å². The van der Waals surface area contributed by atoms with Crippen molar-refractivity contribution in [3.63, 3.8) is 0 Å². The highest BCUT2D eigenvalue weighted by Gasteiger charge is 2.39. The highest BCUT2D eigenvalue weighted by Crippen LogP contribution is 2.36. The molecule has 0 aliphatic carbocycles. The molecule has 3 heterocycles. The molecule has 1 amide bonds. The predicted octanol–water partition coefficient (Wildman–Crippen LogP) is 4.72. The quantitative estimate of drug-likeness (QED) is 0.728. The zero-order valence-corrected chi connectivity index (χ0v) is 17.7. The smallest absolute Gasteiger partial charge is 0.410 e. The molecule has 0 spiro atoms. The van der Waals surface area contributed by atoms with Crippen LogP contribution in [0.2, 0.25) is 0 Å². The lowest BCUT2D eigenvalue weighted by Gasteiger charge is -2.25. The average molecular weight is 403 g/mol. The standard InChI is InChI=1S/C22H30FN3O3/c1-14-9-15-11-24-26(20-7-5-6-8-28-20)19(15)10-16(14)17-12-25(13-18(17)23)21(27)29-22(2,3)4/h9-11,17-18,20H,5-8,12-13H2,1-4H3. The summed E-state index contributed by atoms with van der Waals surface area (Å²) < 4.78 is 28.2. The summed E-state index contributed by atoms with van der Waals surface area (Å²) in [5.41, 5.74) is 2.30. The van der Waals surface area contributed by atoms with Crippen LogP contribution in [0.15, 0.2) is 18.3 Å². The number of carbonyl (C=O) groups excluding carboxylic acids is 1. The number of aryl methyl sites for hydroxylation is 1. The minimum Gasteiger partial charge on any atom is -0.444 e. The molecule has 1 aromatic heterocycles. The lowest BCUT2D eigenvalue weighted by molar-refractivity contribution is -0.0366. The summed E-state index contributed by atoms with van der Waals surface area (Å²) in [5.74, 6) is -0.373. The van der Waals surface area contributed by atoms with Gasteiger partial charge in [0, 0.05) is 24.5 Å². The van der Waals surface area contributed by atoms with Crippen molar-refractivity contribution in [3.8, 4) is 0 Å². The van der Waals surface area contributed by atoms with E-state index in [0.29, 0.717) is 6.54 Å². The van der Waals surface area contributed by atoms with Crippen LogP contribution in [0.25, 0.3) is 10.9 Å². The molecule has 1 aromatic carbocycles. The van der Waals surface area contributed by atoms with Gasteiger partial charge < -0.3 is 14.4 Å². The van der Waals surface area contributed by atoms with Crippen molar-refractivity contribution >= 4 is 17.0 Å². The first-order chi connectivity index (χ1) is 13.7. The number of carbonyl (C=O) groups is 1. The van der Waals surface area contributed by atoms with E-state index < -0.39 is 17.9 Å². The fourth-order valence-electron chi connectivity index (χ4n) is 4.30. The number of halogens is 1. The number of aromatic nitrogens is 2. The molecule has 0 bridgehead atoms. The Morgan fingerprint density at radius 2 is 2.07 bits per heavy atom. The SMILES string of the molecule is Cc1cc2cnn(C3CCCCO3)c2cc1C1CN(C(=O)OC(C)(C)C)CC1F. The van der Waals surface area contributed by atoms with E-state index in [1.54, 1.807) is 0 Å². The van der Waals surface area contributed by atoms with Gasteiger partial charge in [-0.2, -0.15) is 5.10 Å². The molecule has 2 aliphatic rings. The van der Waals surface area contributed by atoms with Crippen molar-refractivity contribution in [1.29, 1.82) is 0 Å². The van der Waals surface area contributed by atoms with Gasteiger partial charge in [-0.1, -0.05) is 0 Å². The Kier molecular flexibility index (Phi) is 5.27. The van der Waals surface area contributed by atoms with Gasteiger partial charge >= 0.3 is 6.09 Å². The van der Waals surface area contributed by atoms with E-state index in [-0.39, 0.29) is 18.7 Å². The summed E-state index contributed by atoms with van der Waals surface area (Å²) in [6.07, 6.45) is 3.32. The number of ether oxygens (including phenoxy) is 2. The van der Waals surface area contributed by atoms with Crippen LogP contribution < -0.4 is 0 Å². The van der Waals surface area contributed by atoms with Gasteiger partial charge in [0.1, 0.15) is 11.8 Å². The van der Waals surface area contributed by atoms with E-state index in [1.807, 2.05) is 44.6 Å². The normalized spacial score (nSPS) is 25.6. The first kappa shape index (κ1) is 20.1. The molecule has 2 fully saturated rings. The van der Waals surface area contributed by atoms with Crippen molar-refractivity contribution < 1.29 is 18.7 Å². The van der Waals surface area contributed by atoms with Gasteiger partial charge in [-0.15, -0.1) is 0 Å². The van der Waals surface area contributed by atoms with Gasteiger partial charge in [0.25, 0.3) is 0 Å². The van der Waals surface area contributed by atoms with Crippen LogP contribution in [0.5, 0.6) is 0 Å². The van der Waals surface area contributed by atoms with Crippen LogP contribution in [0.3, 0.4) is 0 Å². The number of likely N-dealkylation sites (tertiary alicyclic amines) is 1. The number of amides is 1. The molecule has 0 radical (unpaired) electrons. The Morgan fingerprint density at radius 3 is 2.76 bits per heavy atom. The Morgan fingerprint density at radius 1 is 1.28 bits per heavy atom. The summed E-state index contributed by atoms with van der Waals surface area (Å²) in [4.78, 5) is 13.9. The summed E-state index contributed by atoms with van der Waals surface area (Å²) in [6.45, 7) is 8.56. The third kappa shape index (κ3) is 4.10. The molecule has 6 nitrogen and oxygen atoms in total. The maximum atomic E-state index is 15.0. The second-order valence-electron chi connectivity index (χ2n) is 9.19. The third-order valence-corrected chi connectivity index (χ3v) is 5.71. The van der Waals surface area contributed by atoms with E-state index in [1.165, 1.54) is 4.90 Å². The van der Waals surface area contributed by atoms with E-state index >= 15 is 0 Å². The van der Waals surface area contributed by atoms with E-state index in [9.17, 15) is 9.18 Å². The molecule has 2 aliphatic heterocycles. The number of benzene rings is 1. The van der Waals surface area contributed by atoms with E-state index in [4.69, 9.17) is 9.47 Å². The molecule has 3 atom stereocenters. The summed E-state index contributed by atoms with van der Waals surface area (Å²) in [7, 11) is 0. The molecule has 29 heavy (non-hydrogen) atoms. The first-order valence-electron chi connectivity index (χ1n) is 10.4. The van der Waals surface area contributed by atoms with Gasteiger partial charge in [0.05, 0.1) is 18.3 Å². The van der Waals surface area contributed by atoms with E-state index in [0.717, 1.165) is 47.9 Å². The largest absolute Gasteiger partial charge is 0.444 e. The Labute approximate surface area is 170 Å². The maximum absolute atomic E-state index is 15.0. The molecule has 2 saturated heterocycles. The molecule has 2 aromatic rings. The zero-order chi connectivity index (χ0) is 20.8. The number of rotatable bonds is 2. The minimum absolute atomic E-state index is 0.0576. The molecule has 0 N–H and O–H groups in total.